The topological polar surface area (TPSA) is 180 Å². The number of oxime groups is 1. The van der Waals surface area contributed by atoms with E-state index in [2.05, 4.69) is 15.5 Å². The van der Waals surface area contributed by atoms with E-state index in [1.165, 1.54) is 24.3 Å². The van der Waals surface area contributed by atoms with Gasteiger partial charge in [0.25, 0.3) is 11.8 Å². The molecule has 0 spiro atoms. The normalized spacial score (nSPS) is 19.4. The van der Waals surface area contributed by atoms with Gasteiger partial charge in [-0.15, -0.1) is 23.1 Å². The quantitative estimate of drug-likeness (QED) is 0.150. The number of thioether (sulfide) groups is 1. The maximum absolute atomic E-state index is 13.0. The monoisotopic (exact) mass is 539 g/mol. The Kier molecular flexibility index (Phi) is 6.43. The van der Waals surface area contributed by atoms with Crippen molar-refractivity contribution < 1.29 is 28.9 Å². The highest BCUT2D eigenvalue weighted by atomic mass is 32.2. The van der Waals surface area contributed by atoms with Gasteiger partial charge in [-0.25, -0.2) is 4.98 Å². The summed E-state index contributed by atoms with van der Waals surface area (Å²) in [6.07, 6.45) is 3.59. The number of carboxylic acids is 1. The number of carbonyl (C=O) groups excluding carboxylic acids is 3. The summed E-state index contributed by atoms with van der Waals surface area (Å²) in [5.74, 6) is -2.42. The van der Waals surface area contributed by atoms with E-state index in [9.17, 15) is 19.5 Å². The first kappa shape index (κ1) is 24.5. The molecular weight excluding hydrogens is 518 g/mol. The SMILES string of the molecule is CON=C(C(=O)NC1C(=O)N2C(C(=O)[O-])=C(C[n+]3cc(N)c4ccccc4c3)CS[C@@H]12)c1csc(N)n1. The minimum Gasteiger partial charge on any atom is -0.543 e. The number of pyridine rings is 1. The minimum atomic E-state index is -1.47. The predicted octanol–water partition coefficient (Wildman–Crippen LogP) is -0.797. The van der Waals surface area contributed by atoms with Crippen LogP contribution in [0, 0.1) is 0 Å². The average molecular weight is 540 g/mol. The second-order valence-electron chi connectivity index (χ2n) is 8.27. The van der Waals surface area contributed by atoms with Crippen LogP contribution >= 0.6 is 23.1 Å². The van der Waals surface area contributed by atoms with E-state index in [4.69, 9.17) is 16.3 Å². The number of nitrogens with zero attached hydrogens (tertiary/aromatic N) is 4. The number of benzene rings is 1. The van der Waals surface area contributed by atoms with E-state index in [1.807, 2.05) is 30.5 Å². The van der Waals surface area contributed by atoms with Crippen LogP contribution < -0.4 is 26.5 Å². The van der Waals surface area contributed by atoms with Crippen molar-refractivity contribution in [2.75, 3.05) is 24.3 Å². The molecule has 2 aliphatic rings. The maximum atomic E-state index is 13.0. The molecule has 12 nitrogen and oxygen atoms in total. The number of carboxylic acid groups (broad SMARTS) is 1. The molecule has 0 bridgehead atoms. The van der Waals surface area contributed by atoms with Crippen LogP contribution in [0.5, 0.6) is 0 Å². The van der Waals surface area contributed by atoms with Crippen molar-refractivity contribution in [2.45, 2.75) is 18.0 Å². The lowest BCUT2D eigenvalue weighted by molar-refractivity contribution is -0.687. The van der Waals surface area contributed by atoms with Crippen molar-refractivity contribution in [1.82, 2.24) is 15.2 Å². The summed E-state index contributed by atoms with van der Waals surface area (Å²) < 4.78 is 1.79. The van der Waals surface area contributed by atoms with Crippen LogP contribution in [-0.2, 0) is 25.8 Å². The molecule has 1 unspecified atom stereocenters. The number of fused-ring (bicyclic) bond motifs is 2. The molecule has 0 radical (unpaired) electrons. The molecule has 1 fully saturated rings. The van der Waals surface area contributed by atoms with Gasteiger partial charge in [0, 0.05) is 27.5 Å². The van der Waals surface area contributed by atoms with Crippen LogP contribution in [0.3, 0.4) is 0 Å². The molecule has 2 aromatic heterocycles. The van der Waals surface area contributed by atoms with Crippen LogP contribution in [0.2, 0.25) is 0 Å². The number of amides is 2. The number of nitrogen functional groups attached to an aromatic ring is 2. The summed E-state index contributed by atoms with van der Waals surface area (Å²) in [5, 5.41) is 21.4. The smallest absolute Gasteiger partial charge is 0.276 e. The summed E-state index contributed by atoms with van der Waals surface area (Å²) in [5.41, 5.74) is 12.7. The fourth-order valence-electron chi connectivity index (χ4n) is 4.34. The Labute approximate surface area is 218 Å². The van der Waals surface area contributed by atoms with Gasteiger partial charge in [0.05, 0.1) is 11.7 Å². The number of β-lactam (4-membered cyclic amide) rings is 1. The molecule has 2 amide bonds. The zero-order valence-corrected chi connectivity index (χ0v) is 21.0. The number of aromatic nitrogens is 2. The van der Waals surface area contributed by atoms with Gasteiger partial charge in [-0.2, -0.15) is 4.57 Å². The molecule has 1 saturated heterocycles. The molecular formula is C23H21N7O5S2. The second kappa shape index (κ2) is 9.71. The highest BCUT2D eigenvalue weighted by molar-refractivity contribution is 8.00. The number of rotatable bonds is 7. The number of aliphatic carboxylic acids is 1. The van der Waals surface area contributed by atoms with Crippen molar-refractivity contribution in [2.24, 2.45) is 5.16 Å². The molecule has 0 aliphatic carbocycles. The van der Waals surface area contributed by atoms with Gasteiger partial charge in [0.2, 0.25) is 0 Å². The molecule has 5 rings (SSSR count). The van der Waals surface area contributed by atoms with Gasteiger partial charge in [-0.3, -0.25) is 14.5 Å². The van der Waals surface area contributed by atoms with E-state index in [0.717, 1.165) is 27.0 Å². The minimum absolute atomic E-state index is 0.149. The Bertz CT molecular complexity index is 1500. The van der Waals surface area contributed by atoms with E-state index in [0.29, 0.717) is 17.0 Å². The first-order valence-electron chi connectivity index (χ1n) is 11.0. The highest BCUT2D eigenvalue weighted by Crippen LogP contribution is 2.40. The largest absolute Gasteiger partial charge is 0.543 e. The Morgan fingerprint density at radius 1 is 1.32 bits per heavy atom. The summed E-state index contributed by atoms with van der Waals surface area (Å²) >= 11 is 2.46. The first-order chi connectivity index (χ1) is 17.8. The van der Waals surface area contributed by atoms with Gasteiger partial charge in [0.1, 0.15) is 29.9 Å². The van der Waals surface area contributed by atoms with E-state index in [1.54, 1.807) is 10.8 Å². The highest BCUT2D eigenvalue weighted by Gasteiger charge is 2.53. The van der Waals surface area contributed by atoms with Gasteiger partial charge in [-0.05, 0) is 6.07 Å². The summed E-state index contributed by atoms with van der Waals surface area (Å²) in [7, 11) is 1.27. The zero-order chi connectivity index (χ0) is 26.3. The molecule has 0 saturated carbocycles. The molecule has 37 heavy (non-hydrogen) atoms. The molecule has 2 aliphatic heterocycles. The number of anilines is 2. The number of nitrogens with one attached hydrogen (secondary N) is 1. The summed E-state index contributed by atoms with van der Waals surface area (Å²) in [6, 6.07) is 6.63. The van der Waals surface area contributed by atoms with Crippen molar-refractivity contribution in [3.8, 4) is 0 Å². The Morgan fingerprint density at radius 2 is 2.11 bits per heavy atom. The van der Waals surface area contributed by atoms with Gasteiger partial charge in [0.15, 0.2) is 29.8 Å². The fraction of sp³-hybridized carbons (Fsp3) is 0.217. The number of hydrogen-bond acceptors (Lipinski definition) is 11. The Hall–Kier alpha value is -4.17. The van der Waals surface area contributed by atoms with Gasteiger partial charge in [-0.1, -0.05) is 23.4 Å². The lowest BCUT2D eigenvalue weighted by Crippen LogP contribution is -2.71. The lowest BCUT2D eigenvalue weighted by Gasteiger charge is -2.50. The number of nitrogens with two attached hydrogens (primary N) is 2. The number of hydrogen-bond donors (Lipinski definition) is 3. The second-order valence-corrected chi connectivity index (χ2v) is 10.3. The lowest BCUT2D eigenvalue weighted by atomic mass is 10.0. The van der Waals surface area contributed by atoms with Crippen LogP contribution in [0.15, 0.2) is 58.5 Å². The van der Waals surface area contributed by atoms with E-state index >= 15 is 0 Å². The summed E-state index contributed by atoms with van der Waals surface area (Å²) in [4.78, 5) is 48.0. The predicted molar refractivity (Wildman–Crippen MR) is 136 cm³/mol. The van der Waals surface area contributed by atoms with Gasteiger partial charge >= 0.3 is 0 Å². The number of thiazole rings is 1. The Morgan fingerprint density at radius 3 is 2.81 bits per heavy atom. The Balaban J connectivity index is 1.38. The van der Waals surface area contributed by atoms with Crippen molar-refractivity contribution in [1.29, 1.82) is 0 Å². The van der Waals surface area contributed by atoms with Crippen molar-refractivity contribution in [3.63, 3.8) is 0 Å². The zero-order valence-electron chi connectivity index (χ0n) is 19.4. The van der Waals surface area contributed by atoms with Crippen LogP contribution in [0.25, 0.3) is 10.8 Å². The van der Waals surface area contributed by atoms with Crippen LogP contribution in [-0.4, -0.2) is 57.7 Å². The maximum Gasteiger partial charge on any atom is 0.276 e. The third-order valence-electron chi connectivity index (χ3n) is 5.94. The molecule has 5 N–H and O–H groups in total. The number of carbonyl (C=O) groups is 3. The fourth-order valence-corrected chi connectivity index (χ4v) is 6.23. The third-order valence-corrected chi connectivity index (χ3v) is 7.96. The summed E-state index contributed by atoms with van der Waals surface area (Å²) in [6.45, 7) is 0.203. The van der Waals surface area contributed by atoms with Crippen LogP contribution in [0.1, 0.15) is 5.69 Å². The molecule has 3 aromatic rings. The van der Waals surface area contributed by atoms with Crippen molar-refractivity contribution >= 4 is 68.2 Å². The molecule has 4 heterocycles. The molecule has 2 atom stereocenters. The standard InChI is InChI=1S/C23H21N7O5S2/c1-35-28-16(15-10-37-23(25)26-15)19(31)27-17-20(32)30-18(22(33)34)12(9-36-21(17)30)7-29-6-11-4-2-3-5-13(11)14(24)8-29/h2-6,8,10,17,21H,7,9,24H2,1H3,(H3-,25,26,27,31,33,34)/t17?,21-/m0/s1. The molecule has 190 valence electrons. The molecule has 14 heteroatoms. The van der Waals surface area contributed by atoms with E-state index < -0.39 is 29.2 Å². The third kappa shape index (κ3) is 4.44. The van der Waals surface area contributed by atoms with Gasteiger partial charge < -0.3 is 31.5 Å². The first-order valence-corrected chi connectivity index (χ1v) is 12.9. The van der Waals surface area contributed by atoms with E-state index in [-0.39, 0.29) is 28.8 Å². The van der Waals surface area contributed by atoms with Crippen molar-refractivity contribution in [3.05, 3.63) is 59.0 Å². The van der Waals surface area contributed by atoms with Crippen LogP contribution in [0.4, 0.5) is 10.8 Å². The molecule has 1 aromatic carbocycles. The average Bonchev–Trinajstić information content (AvgIpc) is 3.31.